The number of anilines is 1. The van der Waals surface area contributed by atoms with Crippen molar-refractivity contribution in [2.75, 3.05) is 18.0 Å². The molecule has 0 N–H and O–H groups in total. The van der Waals surface area contributed by atoms with Crippen LogP contribution in [-0.4, -0.2) is 18.1 Å². The first-order valence-electron chi connectivity index (χ1n) is 6.10. The molecule has 2 nitrogen and oxygen atoms in total. The highest BCUT2D eigenvalue weighted by molar-refractivity contribution is 5.44. The van der Waals surface area contributed by atoms with E-state index in [1.807, 2.05) is 6.20 Å². The lowest BCUT2D eigenvalue weighted by atomic mass is 10.2. The molecule has 0 aromatic carbocycles. The van der Waals surface area contributed by atoms with E-state index >= 15 is 0 Å². The van der Waals surface area contributed by atoms with Gasteiger partial charge in [-0.05, 0) is 31.4 Å². The van der Waals surface area contributed by atoms with E-state index in [1.165, 1.54) is 50.2 Å². The Balaban J connectivity index is 2.06. The average molecular weight is 204 g/mol. The Labute approximate surface area is 92.3 Å². The normalized spacial score (nSPS) is 17.5. The van der Waals surface area contributed by atoms with E-state index in [-0.39, 0.29) is 0 Å². The largest absolute Gasteiger partial charge is 0.370 e. The molecule has 2 heterocycles. The summed E-state index contributed by atoms with van der Waals surface area (Å²) in [6.45, 7) is 4.55. The molecular formula is C13H20N2. The SMILES string of the molecule is CCc1ccc(N2CCCCCC2)cn1. The molecule has 1 aromatic rings. The van der Waals surface area contributed by atoms with E-state index < -0.39 is 0 Å². The minimum Gasteiger partial charge on any atom is -0.370 e. The van der Waals surface area contributed by atoms with Gasteiger partial charge in [-0.15, -0.1) is 0 Å². The van der Waals surface area contributed by atoms with Crippen molar-refractivity contribution in [1.29, 1.82) is 0 Å². The monoisotopic (exact) mass is 204 g/mol. The van der Waals surface area contributed by atoms with Gasteiger partial charge in [-0.3, -0.25) is 4.98 Å². The molecule has 1 fully saturated rings. The van der Waals surface area contributed by atoms with E-state index in [9.17, 15) is 0 Å². The van der Waals surface area contributed by atoms with E-state index in [2.05, 4.69) is 28.9 Å². The van der Waals surface area contributed by atoms with E-state index in [0.717, 1.165) is 6.42 Å². The molecule has 0 bridgehead atoms. The van der Waals surface area contributed by atoms with Crippen LogP contribution in [0.15, 0.2) is 18.3 Å². The van der Waals surface area contributed by atoms with E-state index in [4.69, 9.17) is 0 Å². The molecule has 0 atom stereocenters. The second kappa shape index (κ2) is 5.15. The van der Waals surface area contributed by atoms with Gasteiger partial charge in [-0.2, -0.15) is 0 Å². The van der Waals surface area contributed by atoms with Gasteiger partial charge in [-0.1, -0.05) is 19.8 Å². The van der Waals surface area contributed by atoms with Crippen molar-refractivity contribution in [3.8, 4) is 0 Å². The molecule has 1 aromatic heterocycles. The predicted molar refractivity (Wildman–Crippen MR) is 64.3 cm³/mol. The lowest BCUT2D eigenvalue weighted by Gasteiger charge is -2.22. The highest BCUT2D eigenvalue weighted by Crippen LogP contribution is 2.18. The molecule has 2 heteroatoms. The maximum atomic E-state index is 4.46. The van der Waals surface area contributed by atoms with E-state index in [1.54, 1.807) is 0 Å². The van der Waals surface area contributed by atoms with Crippen LogP contribution in [0.4, 0.5) is 5.69 Å². The number of hydrogen-bond acceptors (Lipinski definition) is 2. The summed E-state index contributed by atoms with van der Waals surface area (Å²) >= 11 is 0. The summed E-state index contributed by atoms with van der Waals surface area (Å²) < 4.78 is 0. The van der Waals surface area contributed by atoms with Gasteiger partial charge < -0.3 is 4.90 Å². The Hall–Kier alpha value is -1.05. The molecule has 1 aliphatic rings. The Morgan fingerprint density at radius 1 is 1.13 bits per heavy atom. The summed E-state index contributed by atoms with van der Waals surface area (Å²) in [5.41, 5.74) is 2.49. The lowest BCUT2D eigenvalue weighted by Crippen LogP contribution is -2.23. The summed E-state index contributed by atoms with van der Waals surface area (Å²) in [6, 6.07) is 4.37. The molecule has 0 spiro atoms. The zero-order valence-electron chi connectivity index (χ0n) is 9.58. The molecule has 0 saturated carbocycles. The molecule has 82 valence electrons. The molecule has 2 rings (SSSR count). The second-order valence-corrected chi connectivity index (χ2v) is 4.26. The van der Waals surface area contributed by atoms with E-state index in [0.29, 0.717) is 0 Å². The zero-order valence-corrected chi connectivity index (χ0v) is 9.58. The molecule has 0 radical (unpaired) electrons. The van der Waals surface area contributed by atoms with Crippen LogP contribution < -0.4 is 4.90 Å². The molecule has 0 amide bonds. The first-order chi connectivity index (χ1) is 7.40. The van der Waals surface area contributed by atoms with Gasteiger partial charge in [0.2, 0.25) is 0 Å². The summed E-state index contributed by atoms with van der Waals surface area (Å²) in [5.74, 6) is 0. The quantitative estimate of drug-likeness (QED) is 0.736. The number of hydrogen-bond donors (Lipinski definition) is 0. The number of nitrogens with zero attached hydrogens (tertiary/aromatic N) is 2. The first kappa shape index (κ1) is 10.5. The Morgan fingerprint density at radius 3 is 2.40 bits per heavy atom. The topological polar surface area (TPSA) is 16.1 Å². The molecule has 0 aliphatic carbocycles. The molecule has 1 saturated heterocycles. The van der Waals surface area contributed by atoms with Crippen molar-refractivity contribution in [3.63, 3.8) is 0 Å². The van der Waals surface area contributed by atoms with Crippen molar-refractivity contribution in [3.05, 3.63) is 24.0 Å². The second-order valence-electron chi connectivity index (χ2n) is 4.26. The Kier molecular flexibility index (Phi) is 3.59. The number of aromatic nitrogens is 1. The van der Waals surface area contributed by atoms with Crippen LogP contribution in [0.1, 0.15) is 38.3 Å². The van der Waals surface area contributed by atoms with Gasteiger partial charge in [0.05, 0.1) is 11.9 Å². The predicted octanol–water partition coefficient (Wildman–Crippen LogP) is 3.02. The smallest absolute Gasteiger partial charge is 0.0552 e. The maximum Gasteiger partial charge on any atom is 0.0552 e. The van der Waals surface area contributed by atoms with Crippen LogP contribution in [0.5, 0.6) is 0 Å². The highest BCUT2D eigenvalue weighted by Gasteiger charge is 2.09. The third-order valence-corrected chi connectivity index (χ3v) is 3.14. The van der Waals surface area contributed by atoms with Crippen molar-refractivity contribution in [2.45, 2.75) is 39.0 Å². The van der Waals surface area contributed by atoms with Crippen molar-refractivity contribution < 1.29 is 0 Å². The summed E-state index contributed by atoms with van der Waals surface area (Å²) in [7, 11) is 0. The van der Waals surface area contributed by atoms with Crippen LogP contribution in [0.25, 0.3) is 0 Å². The molecule has 1 aliphatic heterocycles. The van der Waals surface area contributed by atoms with Gasteiger partial charge in [0.15, 0.2) is 0 Å². The van der Waals surface area contributed by atoms with Gasteiger partial charge in [0, 0.05) is 18.8 Å². The van der Waals surface area contributed by atoms with Crippen molar-refractivity contribution >= 4 is 5.69 Å². The third-order valence-electron chi connectivity index (χ3n) is 3.14. The summed E-state index contributed by atoms with van der Waals surface area (Å²) in [6.07, 6.45) is 8.49. The zero-order chi connectivity index (χ0) is 10.5. The van der Waals surface area contributed by atoms with Gasteiger partial charge in [0.1, 0.15) is 0 Å². The standard InChI is InChI=1S/C13H20N2/c1-2-12-7-8-13(11-14-12)15-9-5-3-4-6-10-15/h7-8,11H,2-6,9-10H2,1H3. The van der Waals surface area contributed by atoms with Crippen LogP contribution in [0.3, 0.4) is 0 Å². The lowest BCUT2D eigenvalue weighted by molar-refractivity contribution is 0.726. The maximum absolute atomic E-state index is 4.46. The van der Waals surface area contributed by atoms with Crippen molar-refractivity contribution in [2.24, 2.45) is 0 Å². The fraction of sp³-hybridized carbons (Fsp3) is 0.615. The highest BCUT2D eigenvalue weighted by atomic mass is 15.1. The Morgan fingerprint density at radius 2 is 1.87 bits per heavy atom. The fourth-order valence-electron chi connectivity index (χ4n) is 2.14. The molecule has 15 heavy (non-hydrogen) atoms. The fourth-order valence-corrected chi connectivity index (χ4v) is 2.14. The average Bonchev–Trinajstić information content (AvgIpc) is 2.58. The molecule has 0 unspecified atom stereocenters. The minimum atomic E-state index is 1.03. The van der Waals surface area contributed by atoms with Gasteiger partial charge in [-0.25, -0.2) is 0 Å². The summed E-state index contributed by atoms with van der Waals surface area (Å²) in [5, 5.41) is 0. The van der Waals surface area contributed by atoms with Crippen LogP contribution >= 0.6 is 0 Å². The van der Waals surface area contributed by atoms with Gasteiger partial charge in [0.25, 0.3) is 0 Å². The third kappa shape index (κ3) is 2.71. The summed E-state index contributed by atoms with van der Waals surface area (Å²) in [4.78, 5) is 6.93. The number of aryl methyl sites for hydroxylation is 1. The minimum absolute atomic E-state index is 1.03. The Bertz CT molecular complexity index is 284. The van der Waals surface area contributed by atoms with Crippen LogP contribution in [-0.2, 0) is 6.42 Å². The van der Waals surface area contributed by atoms with Crippen molar-refractivity contribution in [1.82, 2.24) is 4.98 Å². The van der Waals surface area contributed by atoms with Crippen LogP contribution in [0.2, 0.25) is 0 Å². The number of pyridine rings is 1. The molecular weight excluding hydrogens is 184 g/mol. The first-order valence-corrected chi connectivity index (χ1v) is 6.10. The number of rotatable bonds is 2. The van der Waals surface area contributed by atoms with Crippen LogP contribution in [0, 0.1) is 0 Å². The van der Waals surface area contributed by atoms with Gasteiger partial charge >= 0.3 is 0 Å².